The van der Waals surface area contributed by atoms with E-state index in [1.807, 2.05) is 0 Å². The van der Waals surface area contributed by atoms with Gasteiger partial charge in [-0.15, -0.1) is 0 Å². The van der Waals surface area contributed by atoms with E-state index in [-0.39, 0.29) is 3.42 Å². The third-order valence-electron chi connectivity index (χ3n) is 5.86. The van der Waals surface area contributed by atoms with Gasteiger partial charge in [0.05, 0.1) is 16.6 Å². The Hall–Kier alpha value is -1.81. The van der Waals surface area contributed by atoms with Gasteiger partial charge in [0.25, 0.3) is 0 Å². The average molecular weight is 437 g/mol. The monoisotopic (exact) mass is 437 g/mol. The molecule has 5 rings (SSSR count). The average Bonchev–Trinajstić information content (AvgIpc) is 3.19. The first-order chi connectivity index (χ1) is 12.2. The molecule has 3 aromatic carbocycles. The van der Waals surface area contributed by atoms with Crippen molar-refractivity contribution in [3.63, 3.8) is 0 Å². The first-order valence-corrected chi connectivity index (χ1v) is 10.1. The van der Waals surface area contributed by atoms with Gasteiger partial charge < -0.3 is 4.40 Å². The van der Waals surface area contributed by atoms with Crippen LogP contribution in [-0.2, 0) is 3.42 Å². The van der Waals surface area contributed by atoms with Crippen LogP contribution in [0.15, 0.2) is 60.7 Å². The highest BCUT2D eigenvalue weighted by Crippen LogP contribution is 2.43. The molecule has 1 nitrogen and oxygen atoms in total. The standard InChI is InChI=1S/C23H20IN/c1-3-23(24,4-2)15-12-13-21-19(14-15)18-10-7-9-17-16-8-5-6-11-20(16)25(21)22(17)18/h5-14H,3-4H2,1-2H3. The van der Waals surface area contributed by atoms with Crippen molar-refractivity contribution < 1.29 is 0 Å². The Labute approximate surface area is 161 Å². The predicted octanol–water partition coefficient (Wildman–Crippen LogP) is 7.29. The number of rotatable bonds is 3. The summed E-state index contributed by atoms with van der Waals surface area (Å²) in [6.45, 7) is 4.59. The zero-order valence-electron chi connectivity index (χ0n) is 14.5. The van der Waals surface area contributed by atoms with E-state index in [0.717, 1.165) is 12.8 Å². The van der Waals surface area contributed by atoms with Crippen LogP contribution in [0, 0.1) is 0 Å². The summed E-state index contributed by atoms with van der Waals surface area (Å²) in [5.74, 6) is 0. The second kappa shape index (κ2) is 5.34. The Morgan fingerprint density at radius 1 is 0.760 bits per heavy atom. The highest BCUT2D eigenvalue weighted by atomic mass is 127. The Bertz CT molecular complexity index is 1230. The summed E-state index contributed by atoms with van der Waals surface area (Å²) in [5, 5.41) is 5.46. The number of hydrogen-bond donors (Lipinski definition) is 0. The molecule has 2 aromatic heterocycles. The second-order valence-corrected chi connectivity index (χ2v) is 9.02. The molecule has 124 valence electrons. The van der Waals surface area contributed by atoms with Crippen LogP contribution in [0.25, 0.3) is 38.1 Å². The van der Waals surface area contributed by atoms with Crippen LogP contribution in [0.3, 0.4) is 0 Å². The summed E-state index contributed by atoms with van der Waals surface area (Å²) < 4.78 is 2.67. The molecule has 0 unspecified atom stereocenters. The summed E-state index contributed by atoms with van der Waals surface area (Å²) in [5.41, 5.74) is 5.44. The van der Waals surface area contributed by atoms with E-state index in [0.29, 0.717) is 0 Å². The molecule has 0 saturated heterocycles. The van der Waals surface area contributed by atoms with E-state index in [1.54, 1.807) is 0 Å². The SMILES string of the molecule is CCC(I)(CC)c1ccc2c(c1)c1cccc3c4ccccc4n2c31. The van der Waals surface area contributed by atoms with Crippen LogP contribution >= 0.6 is 22.6 Å². The largest absolute Gasteiger partial charge is 0.308 e. The molecule has 0 aliphatic carbocycles. The van der Waals surface area contributed by atoms with Gasteiger partial charge in [-0.2, -0.15) is 0 Å². The molecule has 25 heavy (non-hydrogen) atoms. The van der Waals surface area contributed by atoms with Crippen molar-refractivity contribution in [2.24, 2.45) is 0 Å². The van der Waals surface area contributed by atoms with Gasteiger partial charge in [-0.1, -0.05) is 78.9 Å². The van der Waals surface area contributed by atoms with Gasteiger partial charge in [0.1, 0.15) is 0 Å². The third-order valence-corrected chi connectivity index (χ3v) is 8.01. The molecule has 2 heterocycles. The van der Waals surface area contributed by atoms with Gasteiger partial charge in [0, 0.05) is 25.0 Å². The minimum Gasteiger partial charge on any atom is -0.308 e. The lowest BCUT2D eigenvalue weighted by Gasteiger charge is -2.25. The number of aromatic nitrogens is 1. The zero-order valence-corrected chi connectivity index (χ0v) is 16.7. The number of fused-ring (bicyclic) bond motifs is 6. The summed E-state index contributed by atoms with van der Waals surface area (Å²) in [6, 6.07) is 22.6. The van der Waals surface area contributed by atoms with E-state index >= 15 is 0 Å². The molecule has 0 bridgehead atoms. The Morgan fingerprint density at radius 3 is 2.16 bits per heavy atom. The smallest absolute Gasteiger partial charge is 0.0620 e. The summed E-state index contributed by atoms with van der Waals surface area (Å²) in [4.78, 5) is 0. The van der Waals surface area contributed by atoms with Crippen molar-refractivity contribution >= 4 is 60.7 Å². The number of benzene rings is 3. The van der Waals surface area contributed by atoms with E-state index in [1.165, 1.54) is 43.7 Å². The lowest BCUT2D eigenvalue weighted by atomic mass is 9.92. The lowest BCUT2D eigenvalue weighted by molar-refractivity contribution is 0.612. The normalized spacial score (nSPS) is 12.9. The van der Waals surface area contributed by atoms with Gasteiger partial charge >= 0.3 is 0 Å². The predicted molar refractivity (Wildman–Crippen MR) is 117 cm³/mol. The van der Waals surface area contributed by atoms with E-state index in [9.17, 15) is 0 Å². The number of alkyl halides is 1. The van der Waals surface area contributed by atoms with Gasteiger partial charge in [-0.25, -0.2) is 0 Å². The van der Waals surface area contributed by atoms with Crippen molar-refractivity contribution in [1.29, 1.82) is 0 Å². The molecule has 0 aliphatic heterocycles. The topological polar surface area (TPSA) is 4.41 Å². The Kier molecular flexibility index (Phi) is 3.30. The highest BCUT2D eigenvalue weighted by Gasteiger charge is 2.26. The third kappa shape index (κ3) is 1.95. The quantitative estimate of drug-likeness (QED) is 0.206. The van der Waals surface area contributed by atoms with E-state index in [2.05, 4.69) is 102 Å². The van der Waals surface area contributed by atoms with Gasteiger partial charge in [-0.05, 0) is 36.6 Å². The fraction of sp³-hybridized carbons (Fsp3) is 0.217. The molecule has 5 aromatic rings. The molecule has 0 radical (unpaired) electrons. The van der Waals surface area contributed by atoms with Crippen LogP contribution in [0.1, 0.15) is 32.3 Å². The number of halogens is 1. The van der Waals surface area contributed by atoms with Crippen LogP contribution in [0.2, 0.25) is 0 Å². The Balaban J connectivity index is 1.97. The second-order valence-electron chi connectivity index (χ2n) is 6.96. The first-order valence-electron chi connectivity index (χ1n) is 9.04. The molecular weight excluding hydrogens is 417 g/mol. The fourth-order valence-corrected chi connectivity index (χ4v) is 4.71. The molecular formula is C23H20IN. The number of nitrogens with zero attached hydrogens (tertiary/aromatic N) is 1. The minimum atomic E-state index is 0.222. The number of para-hydroxylation sites is 2. The number of hydrogen-bond acceptors (Lipinski definition) is 0. The van der Waals surface area contributed by atoms with Crippen molar-refractivity contribution in [3.05, 3.63) is 66.2 Å². The zero-order chi connectivity index (χ0) is 17.2. The summed E-state index contributed by atoms with van der Waals surface area (Å²) in [7, 11) is 0. The van der Waals surface area contributed by atoms with Crippen molar-refractivity contribution in [1.82, 2.24) is 4.40 Å². The highest BCUT2D eigenvalue weighted by molar-refractivity contribution is 14.1. The maximum absolute atomic E-state index is 2.65. The van der Waals surface area contributed by atoms with Crippen LogP contribution in [0.4, 0.5) is 0 Å². The molecule has 0 spiro atoms. The van der Waals surface area contributed by atoms with E-state index < -0.39 is 0 Å². The first kappa shape index (κ1) is 15.4. The molecule has 0 N–H and O–H groups in total. The van der Waals surface area contributed by atoms with Gasteiger partial charge in [0.2, 0.25) is 0 Å². The Morgan fingerprint density at radius 2 is 1.40 bits per heavy atom. The summed E-state index contributed by atoms with van der Waals surface area (Å²) in [6.07, 6.45) is 2.31. The molecule has 0 fully saturated rings. The fourth-order valence-electron chi connectivity index (χ4n) is 4.37. The minimum absolute atomic E-state index is 0.222. The van der Waals surface area contributed by atoms with E-state index in [4.69, 9.17) is 0 Å². The maximum atomic E-state index is 2.65. The van der Waals surface area contributed by atoms with Crippen LogP contribution in [-0.4, -0.2) is 4.40 Å². The summed E-state index contributed by atoms with van der Waals surface area (Å²) >= 11 is 2.65. The van der Waals surface area contributed by atoms with Crippen LogP contribution < -0.4 is 0 Å². The molecule has 0 aliphatic rings. The van der Waals surface area contributed by atoms with Crippen molar-refractivity contribution in [2.75, 3.05) is 0 Å². The molecule has 0 saturated carbocycles. The van der Waals surface area contributed by atoms with Gasteiger partial charge in [0.15, 0.2) is 0 Å². The maximum Gasteiger partial charge on any atom is 0.0620 e. The van der Waals surface area contributed by atoms with Crippen LogP contribution in [0.5, 0.6) is 0 Å². The lowest BCUT2D eigenvalue weighted by Crippen LogP contribution is -2.14. The van der Waals surface area contributed by atoms with Gasteiger partial charge in [-0.3, -0.25) is 0 Å². The van der Waals surface area contributed by atoms with Crippen molar-refractivity contribution in [2.45, 2.75) is 30.1 Å². The molecule has 0 amide bonds. The molecule has 0 atom stereocenters. The van der Waals surface area contributed by atoms with Crippen molar-refractivity contribution in [3.8, 4) is 0 Å². The molecule has 2 heteroatoms.